The lowest BCUT2D eigenvalue weighted by Gasteiger charge is -2.13. The zero-order valence-corrected chi connectivity index (χ0v) is 13.2. The lowest BCUT2D eigenvalue weighted by molar-refractivity contribution is -0.143. The molecule has 0 bridgehead atoms. The van der Waals surface area contributed by atoms with Gasteiger partial charge in [-0.15, -0.1) is 0 Å². The number of nitrogens with one attached hydrogen (secondary N) is 1. The second kappa shape index (κ2) is 8.39. The van der Waals surface area contributed by atoms with Crippen LogP contribution in [0.15, 0.2) is 18.2 Å². The summed E-state index contributed by atoms with van der Waals surface area (Å²) in [5, 5.41) is 1.96. The number of carbonyl (C=O) groups excluding carboxylic acids is 1. The maximum absolute atomic E-state index is 12.4. The predicted octanol–water partition coefficient (Wildman–Crippen LogP) is 5.42. The molecule has 1 aliphatic carbocycles. The fraction of sp³-hybridized carbons (Fsp3) is 0.562. The second-order valence-corrected chi connectivity index (χ2v) is 5.50. The van der Waals surface area contributed by atoms with Crippen LogP contribution < -0.4 is 5.32 Å². The molecule has 2 nitrogen and oxygen atoms in total. The number of amides is 1. The van der Waals surface area contributed by atoms with Gasteiger partial charge in [-0.05, 0) is 18.2 Å². The van der Waals surface area contributed by atoms with Gasteiger partial charge in [0.05, 0.1) is 11.1 Å². The van der Waals surface area contributed by atoms with Crippen LogP contribution in [0.25, 0.3) is 0 Å². The molecule has 0 spiro atoms. The van der Waals surface area contributed by atoms with Crippen LogP contribution in [-0.4, -0.2) is 13.0 Å². The molecule has 1 aromatic carbocycles. The molecular weight excluding hydrogens is 336 g/mol. The van der Waals surface area contributed by atoms with Crippen molar-refractivity contribution in [1.82, 2.24) is 5.32 Å². The van der Waals surface area contributed by atoms with Gasteiger partial charge in [0.15, 0.2) is 0 Å². The Morgan fingerprint density at radius 2 is 1.12 bits per heavy atom. The van der Waals surface area contributed by atoms with Crippen LogP contribution in [0.4, 0.5) is 26.3 Å². The molecule has 0 atom stereocenters. The van der Waals surface area contributed by atoms with Crippen LogP contribution in [0.5, 0.6) is 0 Å². The van der Waals surface area contributed by atoms with E-state index in [1.54, 1.807) is 0 Å². The number of hydrogen-bond acceptors (Lipinski definition) is 1. The molecule has 0 unspecified atom stereocenters. The zero-order valence-electron chi connectivity index (χ0n) is 13.2. The average Bonchev–Trinajstić information content (AvgIpc) is 2.54. The van der Waals surface area contributed by atoms with Crippen molar-refractivity contribution < 1.29 is 31.1 Å². The minimum Gasteiger partial charge on any atom is -0.355 e. The van der Waals surface area contributed by atoms with E-state index in [1.165, 1.54) is 38.5 Å². The van der Waals surface area contributed by atoms with E-state index in [0.717, 1.165) is 7.05 Å². The van der Waals surface area contributed by atoms with Crippen LogP contribution in [0.1, 0.15) is 60.0 Å². The first kappa shape index (κ1) is 20.3. The molecule has 0 aliphatic heterocycles. The number of benzene rings is 1. The molecule has 0 saturated heterocycles. The van der Waals surface area contributed by atoms with Crippen LogP contribution in [0.3, 0.4) is 0 Å². The van der Waals surface area contributed by atoms with Gasteiger partial charge < -0.3 is 5.32 Å². The fourth-order valence-electron chi connectivity index (χ4n) is 2.29. The Morgan fingerprint density at radius 3 is 1.38 bits per heavy atom. The van der Waals surface area contributed by atoms with Crippen molar-refractivity contribution >= 4 is 5.91 Å². The quantitative estimate of drug-likeness (QED) is 0.669. The number of alkyl halides is 6. The van der Waals surface area contributed by atoms with E-state index in [0.29, 0.717) is 12.1 Å². The molecule has 2 rings (SSSR count). The maximum atomic E-state index is 12.4. The summed E-state index contributed by atoms with van der Waals surface area (Å²) in [7, 11) is 1.11. The number of halogens is 6. The maximum Gasteiger partial charge on any atom is 0.416 e. The van der Waals surface area contributed by atoms with E-state index in [1.807, 2.05) is 5.32 Å². The van der Waals surface area contributed by atoms with Crippen molar-refractivity contribution in [3.63, 3.8) is 0 Å². The van der Waals surface area contributed by atoms with E-state index in [-0.39, 0.29) is 6.07 Å². The van der Waals surface area contributed by atoms with Gasteiger partial charge in [0, 0.05) is 12.6 Å². The summed E-state index contributed by atoms with van der Waals surface area (Å²) in [6.45, 7) is 0. The predicted molar refractivity (Wildman–Crippen MR) is 77.5 cm³/mol. The standard InChI is InChI=1S/C10H7F6NO.C6H12/c1-17-8(18)5-2-6(9(11,12)13)4-7(3-5)10(14,15)16;1-2-4-6-5-3-1/h2-4H,1H3,(H,17,18);1-6H2. The third kappa shape index (κ3) is 6.41. The summed E-state index contributed by atoms with van der Waals surface area (Å²) in [5.41, 5.74) is -3.73. The molecule has 1 aromatic rings. The van der Waals surface area contributed by atoms with E-state index >= 15 is 0 Å². The molecule has 0 aromatic heterocycles. The molecule has 24 heavy (non-hydrogen) atoms. The number of carbonyl (C=O) groups is 1. The van der Waals surface area contributed by atoms with Crippen molar-refractivity contribution in [1.29, 1.82) is 0 Å². The summed E-state index contributed by atoms with van der Waals surface area (Å²) in [5.74, 6) is -1.02. The monoisotopic (exact) mass is 355 g/mol. The highest BCUT2D eigenvalue weighted by Gasteiger charge is 2.37. The Hall–Kier alpha value is -1.73. The van der Waals surface area contributed by atoms with E-state index in [9.17, 15) is 31.1 Å². The summed E-state index contributed by atoms with van der Waals surface area (Å²) in [4.78, 5) is 11.1. The Morgan fingerprint density at radius 1 is 0.792 bits per heavy atom. The van der Waals surface area contributed by atoms with Crippen LogP contribution >= 0.6 is 0 Å². The first-order valence-electron chi connectivity index (χ1n) is 7.57. The van der Waals surface area contributed by atoms with Crippen LogP contribution in [0, 0.1) is 0 Å². The lowest BCUT2D eigenvalue weighted by atomic mass is 10.0. The van der Waals surface area contributed by atoms with Gasteiger partial charge in [-0.3, -0.25) is 4.79 Å². The molecule has 1 fully saturated rings. The minimum absolute atomic E-state index is 0.0353. The number of hydrogen-bond donors (Lipinski definition) is 1. The largest absolute Gasteiger partial charge is 0.416 e. The van der Waals surface area contributed by atoms with E-state index in [4.69, 9.17) is 0 Å². The smallest absolute Gasteiger partial charge is 0.355 e. The van der Waals surface area contributed by atoms with Crippen molar-refractivity contribution in [3.8, 4) is 0 Å². The topological polar surface area (TPSA) is 29.1 Å². The Balaban J connectivity index is 0.000000400. The van der Waals surface area contributed by atoms with Gasteiger partial charge in [0.1, 0.15) is 0 Å². The third-order valence-electron chi connectivity index (χ3n) is 3.58. The van der Waals surface area contributed by atoms with Gasteiger partial charge in [0.25, 0.3) is 5.91 Å². The average molecular weight is 355 g/mol. The van der Waals surface area contributed by atoms with Crippen molar-refractivity contribution in [3.05, 3.63) is 34.9 Å². The molecule has 136 valence electrons. The summed E-state index contributed by atoms with van der Waals surface area (Å²) >= 11 is 0. The van der Waals surface area contributed by atoms with Gasteiger partial charge in [0.2, 0.25) is 0 Å². The van der Waals surface area contributed by atoms with Gasteiger partial charge in [-0.2, -0.15) is 26.3 Å². The highest BCUT2D eigenvalue weighted by atomic mass is 19.4. The van der Waals surface area contributed by atoms with E-state index < -0.39 is 35.0 Å². The van der Waals surface area contributed by atoms with Gasteiger partial charge >= 0.3 is 12.4 Å². The molecule has 0 radical (unpaired) electrons. The first-order valence-corrected chi connectivity index (χ1v) is 7.57. The molecule has 1 aliphatic rings. The Labute approximate surface area is 136 Å². The summed E-state index contributed by atoms with van der Waals surface area (Å²) in [6, 6.07) is 0.703. The molecule has 0 heterocycles. The van der Waals surface area contributed by atoms with Crippen LogP contribution in [-0.2, 0) is 12.4 Å². The molecular formula is C16H19F6NO. The molecule has 1 saturated carbocycles. The van der Waals surface area contributed by atoms with Crippen molar-refractivity contribution in [2.45, 2.75) is 50.9 Å². The number of rotatable bonds is 1. The molecule has 1 N–H and O–H groups in total. The Bertz CT molecular complexity index is 503. The van der Waals surface area contributed by atoms with Gasteiger partial charge in [-0.25, -0.2) is 0 Å². The zero-order chi connectivity index (χ0) is 18.4. The highest BCUT2D eigenvalue weighted by molar-refractivity contribution is 5.94. The molecule has 1 amide bonds. The SMILES string of the molecule is C1CCCCC1.CNC(=O)c1cc(C(F)(F)F)cc(C(F)(F)F)c1. The minimum atomic E-state index is -4.95. The van der Waals surface area contributed by atoms with E-state index in [2.05, 4.69) is 0 Å². The van der Waals surface area contributed by atoms with Crippen molar-refractivity contribution in [2.75, 3.05) is 7.05 Å². The lowest BCUT2D eigenvalue weighted by Crippen LogP contribution is -2.20. The summed E-state index contributed by atoms with van der Waals surface area (Å²) < 4.78 is 74.4. The van der Waals surface area contributed by atoms with Gasteiger partial charge in [-0.1, -0.05) is 38.5 Å². The third-order valence-corrected chi connectivity index (χ3v) is 3.58. The summed E-state index contributed by atoms with van der Waals surface area (Å²) in [6.07, 6.45) is -0.909. The fourth-order valence-corrected chi connectivity index (χ4v) is 2.29. The molecule has 8 heteroatoms. The van der Waals surface area contributed by atoms with Crippen LogP contribution in [0.2, 0.25) is 0 Å². The first-order chi connectivity index (χ1) is 11.1. The second-order valence-electron chi connectivity index (χ2n) is 5.50. The highest BCUT2D eigenvalue weighted by Crippen LogP contribution is 2.36. The Kier molecular flexibility index (Phi) is 7.10. The normalized spacial score (nSPS) is 15.3. The van der Waals surface area contributed by atoms with Crippen molar-refractivity contribution in [2.24, 2.45) is 0 Å².